The van der Waals surface area contributed by atoms with Crippen LogP contribution in [0, 0.1) is 17.1 Å². The maximum atomic E-state index is 13.9. The number of fused-ring (bicyclic) bond motifs is 1. The van der Waals surface area contributed by atoms with Crippen LogP contribution in [0.5, 0.6) is 0 Å². The second kappa shape index (κ2) is 14.0. The van der Waals surface area contributed by atoms with Crippen molar-refractivity contribution >= 4 is 68.9 Å². The molecule has 6 rings (SSSR count). The highest BCUT2D eigenvalue weighted by molar-refractivity contribution is 6.36. The van der Waals surface area contributed by atoms with Crippen LogP contribution >= 0.6 is 34.8 Å². The van der Waals surface area contributed by atoms with Crippen LogP contribution in [0.1, 0.15) is 62.5 Å². The topological polar surface area (TPSA) is 134 Å². The van der Waals surface area contributed by atoms with Crippen LogP contribution in [-0.4, -0.2) is 54.6 Å². The normalized spacial score (nSPS) is 14.4. The summed E-state index contributed by atoms with van der Waals surface area (Å²) in [4.78, 5) is 23.0. The number of likely N-dealkylation sites (tertiary alicyclic amines) is 1. The molecule has 252 valence electrons. The second-order valence-electron chi connectivity index (χ2n) is 12.6. The molecule has 2 aromatic carbocycles. The van der Waals surface area contributed by atoms with Gasteiger partial charge in [-0.25, -0.2) is 18.9 Å². The first-order chi connectivity index (χ1) is 23.4. The molecule has 0 saturated carbocycles. The Bertz CT molecular complexity index is 2050. The quantitative estimate of drug-likeness (QED) is 0.158. The van der Waals surface area contributed by atoms with Crippen molar-refractivity contribution in [3.05, 3.63) is 98.9 Å². The van der Waals surface area contributed by atoms with E-state index in [-0.39, 0.29) is 22.7 Å². The van der Waals surface area contributed by atoms with E-state index >= 15 is 0 Å². The summed E-state index contributed by atoms with van der Waals surface area (Å²) in [7, 11) is 0. The zero-order valence-corrected chi connectivity index (χ0v) is 29.0. The van der Waals surface area contributed by atoms with Gasteiger partial charge in [0.05, 0.1) is 45.1 Å². The molecule has 1 saturated heterocycles. The van der Waals surface area contributed by atoms with E-state index in [1.54, 1.807) is 23.2 Å². The lowest BCUT2D eigenvalue weighted by Crippen LogP contribution is -2.42. The number of piperidine rings is 1. The molecule has 11 nitrogen and oxygen atoms in total. The van der Waals surface area contributed by atoms with Crippen LogP contribution < -0.4 is 10.6 Å². The third-order valence-electron chi connectivity index (χ3n) is 7.94. The monoisotopic (exact) mass is 721 g/mol. The van der Waals surface area contributed by atoms with Gasteiger partial charge in [-0.2, -0.15) is 5.26 Å². The van der Waals surface area contributed by atoms with Crippen molar-refractivity contribution in [3.8, 4) is 6.07 Å². The van der Waals surface area contributed by atoms with Crippen molar-refractivity contribution in [2.75, 3.05) is 23.7 Å². The highest BCUT2D eigenvalue weighted by Gasteiger charge is 2.29. The van der Waals surface area contributed by atoms with Gasteiger partial charge in [-0.1, -0.05) is 46.1 Å². The summed E-state index contributed by atoms with van der Waals surface area (Å²) in [5, 5.41) is 26.8. The molecule has 4 heterocycles. The van der Waals surface area contributed by atoms with Crippen molar-refractivity contribution in [1.29, 1.82) is 5.26 Å². The molecule has 0 unspecified atom stereocenters. The Labute approximate surface area is 296 Å². The number of anilines is 3. The highest BCUT2D eigenvalue weighted by atomic mass is 35.5. The van der Waals surface area contributed by atoms with Crippen LogP contribution in [0.4, 0.5) is 26.2 Å². The van der Waals surface area contributed by atoms with Crippen molar-refractivity contribution in [1.82, 2.24) is 29.9 Å². The van der Waals surface area contributed by atoms with E-state index < -0.39 is 17.5 Å². The van der Waals surface area contributed by atoms with Crippen molar-refractivity contribution in [3.63, 3.8) is 0 Å². The number of halogens is 4. The lowest BCUT2D eigenvalue weighted by molar-refractivity contribution is 0.0184. The van der Waals surface area contributed by atoms with Gasteiger partial charge in [-0.3, -0.25) is 4.98 Å². The molecular weight excluding hydrogens is 692 g/mol. The van der Waals surface area contributed by atoms with Crippen LogP contribution in [0.25, 0.3) is 10.9 Å². The van der Waals surface area contributed by atoms with E-state index in [0.29, 0.717) is 69.8 Å². The van der Waals surface area contributed by atoms with Crippen molar-refractivity contribution in [2.45, 2.75) is 51.3 Å². The number of nitriles is 1. The number of nitrogens with one attached hydrogen (secondary N) is 2. The van der Waals surface area contributed by atoms with Gasteiger partial charge in [0.25, 0.3) is 0 Å². The lowest BCUT2D eigenvalue weighted by Gasteiger charge is -2.33. The molecule has 49 heavy (non-hydrogen) atoms. The van der Waals surface area contributed by atoms with Gasteiger partial charge in [0.1, 0.15) is 28.3 Å². The zero-order valence-electron chi connectivity index (χ0n) is 26.7. The predicted octanol–water partition coefficient (Wildman–Crippen LogP) is 8.71. The second-order valence-corrected chi connectivity index (χ2v) is 13.8. The van der Waals surface area contributed by atoms with Crippen LogP contribution in [0.15, 0.2) is 61.1 Å². The third kappa shape index (κ3) is 7.80. The van der Waals surface area contributed by atoms with Gasteiger partial charge < -0.3 is 20.3 Å². The largest absolute Gasteiger partial charge is 0.444 e. The zero-order chi connectivity index (χ0) is 34.9. The fourth-order valence-corrected chi connectivity index (χ4v) is 6.13. The maximum Gasteiger partial charge on any atom is 0.410 e. The SMILES string of the molecule is CC(C)(C)OC(=O)N1CCC(n2cc([C@@H](Nc3cc(Cl)c4ncc(C#N)c(Nc5ccc(F)c(Cl)c5)c4c3)c3ccc(Cl)nc3)nn2)CC1. The van der Waals surface area contributed by atoms with E-state index in [1.165, 1.54) is 24.4 Å². The molecule has 15 heteroatoms. The summed E-state index contributed by atoms with van der Waals surface area (Å²) in [5.41, 5.74) is 3.00. The average molecular weight is 723 g/mol. The number of carbonyl (C=O) groups is 1. The first-order valence-corrected chi connectivity index (χ1v) is 16.5. The first-order valence-electron chi connectivity index (χ1n) is 15.4. The molecule has 0 spiro atoms. The Kier molecular flexibility index (Phi) is 9.79. The minimum atomic E-state index is -0.563. The molecule has 1 aliphatic rings. The summed E-state index contributed by atoms with van der Waals surface area (Å²) in [6.45, 7) is 6.61. The molecular formula is C34H31Cl3FN9O2. The number of amides is 1. The maximum absolute atomic E-state index is 13.9. The number of benzene rings is 2. The highest BCUT2D eigenvalue weighted by Crippen LogP contribution is 2.37. The molecule has 5 aromatic rings. The summed E-state index contributed by atoms with van der Waals surface area (Å²) in [6, 6.07) is 12.9. The van der Waals surface area contributed by atoms with Gasteiger partial charge in [0.15, 0.2) is 0 Å². The molecule has 1 amide bonds. The van der Waals surface area contributed by atoms with Gasteiger partial charge in [-0.05, 0) is 75.6 Å². The van der Waals surface area contributed by atoms with Crippen LogP contribution in [0.2, 0.25) is 15.2 Å². The molecule has 0 aliphatic carbocycles. The smallest absolute Gasteiger partial charge is 0.410 e. The Hall–Kier alpha value is -4.70. The minimum absolute atomic E-state index is 0.0307. The van der Waals surface area contributed by atoms with Crippen molar-refractivity contribution < 1.29 is 13.9 Å². The molecule has 1 aliphatic heterocycles. The number of ether oxygens (including phenoxy) is 1. The van der Waals surface area contributed by atoms with Crippen LogP contribution in [0.3, 0.4) is 0 Å². The summed E-state index contributed by atoms with van der Waals surface area (Å²) >= 11 is 18.9. The summed E-state index contributed by atoms with van der Waals surface area (Å²) < 4.78 is 21.2. The van der Waals surface area contributed by atoms with Gasteiger partial charge in [0.2, 0.25) is 0 Å². The number of hydrogen-bond donors (Lipinski definition) is 2. The molecule has 2 N–H and O–H groups in total. The average Bonchev–Trinajstić information content (AvgIpc) is 3.55. The molecule has 3 aromatic heterocycles. The Morgan fingerprint density at radius 1 is 1.04 bits per heavy atom. The number of pyridine rings is 2. The number of aromatic nitrogens is 5. The lowest BCUT2D eigenvalue weighted by atomic mass is 10.0. The summed E-state index contributed by atoms with van der Waals surface area (Å²) in [5.74, 6) is -0.562. The number of rotatable bonds is 7. The van der Waals surface area contributed by atoms with E-state index in [4.69, 9.17) is 39.5 Å². The van der Waals surface area contributed by atoms with E-state index in [1.807, 2.05) is 43.8 Å². The third-order valence-corrected chi connectivity index (χ3v) is 8.74. The Morgan fingerprint density at radius 3 is 2.47 bits per heavy atom. The van der Waals surface area contributed by atoms with Gasteiger partial charge in [0, 0.05) is 42.2 Å². The predicted molar refractivity (Wildman–Crippen MR) is 187 cm³/mol. The number of nitrogens with zero attached hydrogens (tertiary/aromatic N) is 7. The van der Waals surface area contributed by atoms with E-state index in [9.17, 15) is 14.4 Å². The molecule has 1 atom stereocenters. The summed E-state index contributed by atoms with van der Waals surface area (Å²) in [6.07, 6.45) is 6.01. The van der Waals surface area contributed by atoms with Gasteiger partial charge in [-0.15, -0.1) is 5.10 Å². The van der Waals surface area contributed by atoms with E-state index in [2.05, 4.69) is 37.0 Å². The Morgan fingerprint density at radius 2 is 1.80 bits per heavy atom. The first kappa shape index (κ1) is 34.2. The van der Waals surface area contributed by atoms with E-state index in [0.717, 1.165) is 5.56 Å². The standard InChI is InChI=1S/C34H31Cl3FN9O2/c1-34(2,3)49-33(48)46-10-8-23(9-11-46)47-18-28(44-45-47)31(19-4-7-29(37)40-16-19)43-22-12-24-30(42-21-5-6-27(38)25(35)13-21)20(15-39)17-41-32(24)26(36)14-22/h4-7,12-14,16-18,23,31,43H,8-11H2,1-3H3,(H,41,42)/t31-/m0/s1. The Balaban J connectivity index is 1.31. The van der Waals surface area contributed by atoms with Crippen molar-refractivity contribution in [2.24, 2.45) is 0 Å². The number of carbonyl (C=O) groups excluding carboxylic acids is 1. The number of hydrogen-bond acceptors (Lipinski definition) is 9. The molecule has 1 fully saturated rings. The van der Waals surface area contributed by atoms with Gasteiger partial charge >= 0.3 is 6.09 Å². The fourth-order valence-electron chi connectivity index (χ4n) is 5.57. The molecule has 0 bridgehead atoms. The fraction of sp³-hybridized carbons (Fsp3) is 0.294. The minimum Gasteiger partial charge on any atom is -0.444 e. The van der Waals surface area contributed by atoms with Crippen LogP contribution in [-0.2, 0) is 4.74 Å². The molecule has 0 radical (unpaired) electrons.